The zero-order chi connectivity index (χ0) is 27.9. The lowest BCUT2D eigenvalue weighted by Crippen LogP contribution is -2.45. The van der Waals surface area contributed by atoms with Crippen LogP contribution in [0.4, 0.5) is 0 Å². The molecule has 11 nitrogen and oxygen atoms in total. The van der Waals surface area contributed by atoms with Gasteiger partial charge in [-0.15, -0.1) is 0 Å². The number of fused-ring (bicyclic) bond motifs is 1. The lowest BCUT2D eigenvalue weighted by atomic mass is 9.83. The number of hydrogen-bond acceptors (Lipinski definition) is 8. The van der Waals surface area contributed by atoms with Crippen LogP contribution in [0.2, 0.25) is 0 Å². The molecule has 0 aromatic heterocycles. The minimum atomic E-state index is -3.44. The van der Waals surface area contributed by atoms with Crippen molar-refractivity contribution < 1.29 is 32.7 Å². The molecule has 2 aliphatic rings. The number of carboxylic acid groups (broad SMARTS) is 1. The maximum atomic E-state index is 13.4. The lowest BCUT2D eigenvalue weighted by Gasteiger charge is -2.29. The Morgan fingerprint density at radius 3 is 2.68 bits per heavy atom. The molecule has 2 N–H and O–H groups in total. The molecule has 1 fully saturated rings. The average Bonchev–Trinajstić information content (AvgIpc) is 3.44. The summed E-state index contributed by atoms with van der Waals surface area (Å²) in [7, 11) is 0.421. The van der Waals surface area contributed by atoms with Crippen LogP contribution in [0.5, 0.6) is 5.75 Å². The van der Waals surface area contributed by atoms with Crippen molar-refractivity contribution in [1.29, 1.82) is 0 Å². The minimum Gasteiger partial charge on any atom is -0.493 e. The Labute approximate surface area is 226 Å². The van der Waals surface area contributed by atoms with Crippen LogP contribution in [0.3, 0.4) is 0 Å². The fourth-order valence-corrected chi connectivity index (χ4v) is 5.66. The van der Waals surface area contributed by atoms with Gasteiger partial charge in [-0.05, 0) is 44.1 Å². The Bertz CT molecular complexity index is 1070. The number of nitrogens with zero attached hydrogens (tertiary/aromatic N) is 3. The third-order valence-electron chi connectivity index (χ3n) is 7.10. The van der Waals surface area contributed by atoms with E-state index in [0.717, 1.165) is 42.4 Å². The molecule has 0 saturated carbocycles. The largest absolute Gasteiger partial charge is 0.493 e. The van der Waals surface area contributed by atoms with Crippen molar-refractivity contribution in [3.8, 4) is 5.75 Å². The van der Waals surface area contributed by atoms with Gasteiger partial charge in [0.2, 0.25) is 10.0 Å². The number of carbonyl (C=O) groups is 2. The number of aliphatic carboxylic acids is 1. The first kappa shape index (κ1) is 30.3. The molecule has 38 heavy (non-hydrogen) atoms. The highest BCUT2D eigenvalue weighted by molar-refractivity contribution is 7.88. The number of carbonyl (C=O) groups excluding carboxylic acids is 1. The van der Waals surface area contributed by atoms with Crippen molar-refractivity contribution >= 4 is 21.9 Å². The summed E-state index contributed by atoms with van der Waals surface area (Å²) in [5.74, 6) is -1.53. The van der Waals surface area contributed by atoms with E-state index in [4.69, 9.17) is 9.57 Å². The second kappa shape index (κ2) is 13.7. The number of benzene rings is 1. The molecule has 0 aliphatic carbocycles. The van der Waals surface area contributed by atoms with Gasteiger partial charge in [0, 0.05) is 44.6 Å². The monoisotopic (exact) mass is 554 g/mol. The van der Waals surface area contributed by atoms with Crippen molar-refractivity contribution in [1.82, 2.24) is 19.6 Å². The second-order valence-corrected chi connectivity index (χ2v) is 12.2. The predicted octanol–water partition coefficient (Wildman–Crippen LogP) is 1.15. The summed E-state index contributed by atoms with van der Waals surface area (Å²) < 4.78 is 31.4. The molecule has 2 aliphatic heterocycles. The molecule has 1 amide bonds. The Hall–Kier alpha value is -2.25. The van der Waals surface area contributed by atoms with Crippen molar-refractivity contribution in [3.63, 3.8) is 0 Å². The van der Waals surface area contributed by atoms with E-state index in [9.17, 15) is 23.1 Å². The van der Waals surface area contributed by atoms with Gasteiger partial charge >= 0.3 is 5.97 Å². The number of rotatable bonds is 15. The van der Waals surface area contributed by atoms with Gasteiger partial charge in [0.25, 0.3) is 5.91 Å². The third-order valence-corrected chi connectivity index (χ3v) is 7.82. The molecule has 3 atom stereocenters. The lowest BCUT2D eigenvalue weighted by molar-refractivity contribution is -0.189. The summed E-state index contributed by atoms with van der Waals surface area (Å²) in [5.41, 5.74) is 1.94. The highest BCUT2D eigenvalue weighted by atomic mass is 32.2. The highest BCUT2D eigenvalue weighted by Gasteiger charge is 2.47. The quantitative estimate of drug-likeness (QED) is 0.307. The number of amides is 1. The number of ether oxygens (including phenoxy) is 1. The van der Waals surface area contributed by atoms with Gasteiger partial charge in [-0.1, -0.05) is 25.5 Å². The summed E-state index contributed by atoms with van der Waals surface area (Å²) in [6.45, 7) is 4.56. The number of hydroxylamine groups is 2. The summed E-state index contributed by atoms with van der Waals surface area (Å²) in [4.78, 5) is 35.7. The molecule has 3 rings (SSSR count). The van der Waals surface area contributed by atoms with Crippen molar-refractivity contribution in [2.75, 3.05) is 66.3 Å². The minimum absolute atomic E-state index is 0.0104. The van der Waals surface area contributed by atoms with Gasteiger partial charge in [-0.25, -0.2) is 18.2 Å². The van der Waals surface area contributed by atoms with E-state index in [1.807, 2.05) is 49.0 Å². The topological polar surface area (TPSA) is 129 Å². The van der Waals surface area contributed by atoms with Gasteiger partial charge in [-0.3, -0.25) is 19.3 Å². The van der Waals surface area contributed by atoms with Crippen LogP contribution >= 0.6 is 0 Å². The van der Waals surface area contributed by atoms with Gasteiger partial charge in [-0.2, -0.15) is 0 Å². The summed E-state index contributed by atoms with van der Waals surface area (Å²) in [5, 5.41) is 11.7. The summed E-state index contributed by atoms with van der Waals surface area (Å²) in [6, 6.07) is 5.27. The molecule has 0 radical (unpaired) electrons. The van der Waals surface area contributed by atoms with Crippen LogP contribution in [-0.2, 0) is 30.9 Å². The van der Waals surface area contributed by atoms with Gasteiger partial charge in [0.15, 0.2) is 0 Å². The zero-order valence-electron chi connectivity index (χ0n) is 22.9. The van der Waals surface area contributed by atoms with Crippen LogP contribution in [0.1, 0.15) is 43.2 Å². The number of hydrogen-bond donors (Lipinski definition) is 2. The van der Waals surface area contributed by atoms with E-state index in [2.05, 4.69) is 4.72 Å². The van der Waals surface area contributed by atoms with Crippen LogP contribution in [-0.4, -0.2) is 113 Å². The summed E-state index contributed by atoms with van der Waals surface area (Å²) in [6.07, 6.45) is 3.79. The van der Waals surface area contributed by atoms with Crippen molar-refractivity contribution in [2.45, 2.75) is 44.6 Å². The fourth-order valence-electron chi connectivity index (χ4n) is 5.17. The van der Waals surface area contributed by atoms with Gasteiger partial charge in [0.1, 0.15) is 5.75 Å². The number of likely N-dealkylation sites (tertiary alicyclic amines) is 1. The van der Waals surface area contributed by atoms with Crippen LogP contribution in [0.25, 0.3) is 0 Å². The van der Waals surface area contributed by atoms with E-state index >= 15 is 0 Å². The number of nitrogens with one attached hydrogen (secondary N) is 1. The molecule has 214 valence electrons. The second-order valence-electron chi connectivity index (χ2n) is 10.4. The number of likely N-dealkylation sites (N-methyl/N-ethyl adjacent to an activating group) is 1. The van der Waals surface area contributed by atoms with E-state index in [1.165, 1.54) is 5.06 Å². The predicted molar refractivity (Wildman–Crippen MR) is 143 cm³/mol. The molecular formula is C26H42N4O7S. The number of unbranched alkanes of at least 4 members (excludes halogenated alkanes) is 1. The molecule has 0 unspecified atom stereocenters. The molecule has 1 aromatic rings. The van der Waals surface area contributed by atoms with Gasteiger partial charge < -0.3 is 14.7 Å². The summed E-state index contributed by atoms with van der Waals surface area (Å²) >= 11 is 0. The van der Waals surface area contributed by atoms with Crippen LogP contribution in [0.15, 0.2) is 18.2 Å². The molecule has 0 spiro atoms. The standard InChI is InChI=1S/C26H42N4O7S/c1-5-6-12-30(37-15-13-28(2)3)24(31)18-29-17-21(19-7-8-23-20(16-19)10-14-36-23)25(26(32)33)22(29)9-11-27-38(4,34)35/h7-8,16,21-22,25,27H,5-6,9-15,17-18H2,1-4H3,(H,32,33)/t21-,22+,25-/m1/s1. The first-order valence-electron chi connectivity index (χ1n) is 13.2. The smallest absolute Gasteiger partial charge is 0.308 e. The maximum absolute atomic E-state index is 13.4. The number of carboxylic acids is 1. The molecule has 2 heterocycles. The average molecular weight is 555 g/mol. The van der Waals surface area contributed by atoms with Crippen LogP contribution in [0, 0.1) is 5.92 Å². The van der Waals surface area contributed by atoms with Crippen molar-refractivity contribution in [2.24, 2.45) is 5.92 Å². The Kier molecular flexibility index (Phi) is 10.9. The molecule has 1 aromatic carbocycles. The van der Waals surface area contributed by atoms with E-state index in [0.29, 0.717) is 32.8 Å². The van der Waals surface area contributed by atoms with E-state index in [-0.39, 0.29) is 31.3 Å². The van der Waals surface area contributed by atoms with E-state index in [1.54, 1.807) is 0 Å². The first-order valence-corrected chi connectivity index (χ1v) is 15.1. The molecule has 1 saturated heterocycles. The Morgan fingerprint density at radius 1 is 1.26 bits per heavy atom. The molecular weight excluding hydrogens is 512 g/mol. The molecule has 12 heteroatoms. The van der Waals surface area contributed by atoms with Crippen molar-refractivity contribution in [3.05, 3.63) is 29.3 Å². The first-order chi connectivity index (χ1) is 18.0. The normalized spacial score (nSPS) is 21.4. The maximum Gasteiger partial charge on any atom is 0.308 e. The number of sulfonamides is 1. The van der Waals surface area contributed by atoms with Crippen LogP contribution < -0.4 is 9.46 Å². The van der Waals surface area contributed by atoms with Gasteiger partial charge in [0.05, 0.1) is 31.9 Å². The Balaban J connectivity index is 1.83. The van der Waals surface area contributed by atoms with E-state index < -0.39 is 28.0 Å². The zero-order valence-corrected chi connectivity index (χ0v) is 23.7. The molecule has 0 bridgehead atoms. The Morgan fingerprint density at radius 2 is 2.03 bits per heavy atom. The third kappa shape index (κ3) is 8.37. The fraction of sp³-hybridized carbons (Fsp3) is 0.692. The SMILES string of the molecule is CCCCN(OCCN(C)C)C(=O)CN1C[C@H](c2ccc3c(c2)CCO3)[C@@H](C(=O)O)[C@@H]1CCNS(C)(=O)=O. The highest BCUT2D eigenvalue weighted by Crippen LogP contribution is 2.41.